The maximum atomic E-state index is 3.07. The molecule has 0 unspecified atom stereocenters. The van der Waals surface area contributed by atoms with Crippen molar-refractivity contribution in [1.82, 2.24) is 12.8 Å². The first-order chi connectivity index (χ1) is 22.6. The van der Waals surface area contributed by atoms with Crippen molar-refractivity contribution >= 4 is 140 Å². The largest absolute Gasteiger partial charge is 0.813 e. The van der Waals surface area contributed by atoms with Crippen LogP contribution in [-0.2, 0) is 67.8 Å². The first-order valence-corrected chi connectivity index (χ1v) is 56.6. The molecule has 0 rings (SSSR count). The minimum absolute atomic E-state index is 0. The molecular weight excluding hydrogens is 1200 g/mol. The molecule has 4 nitrogen and oxygen atoms in total. The van der Waals surface area contributed by atoms with Crippen LogP contribution in [0.5, 0.6) is 0 Å². The average Bonchev–Trinajstić information content (AvgIpc) is 2.86. The predicted octanol–water partition coefficient (Wildman–Crippen LogP) is 12.9. The van der Waals surface area contributed by atoms with E-state index in [-0.39, 0.29) is 115 Å². The summed E-state index contributed by atoms with van der Waals surface area (Å²) in [6.07, 6.45) is 8.74. The Kier molecular flexibility index (Phi) is 47.7. The van der Waals surface area contributed by atoms with Crippen LogP contribution >= 0.6 is 15.8 Å². The van der Waals surface area contributed by atoms with Crippen LogP contribution < -0.4 is 0 Å². The summed E-state index contributed by atoms with van der Waals surface area (Å²) < 4.78 is 12.3. The van der Waals surface area contributed by atoms with E-state index in [1.165, 1.54) is 37.0 Å². The Labute approximate surface area is 424 Å². The molecule has 0 amide bonds. The number of nitrogens with zero attached hydrogens (tertiary/aromatic N) is 4. The van der Waals surface area contributed by atoms with Gasteiger partial charge >= 0.3 is 268 Å². The molecule has 0 saturated carbocycles. The van der Waals surface area contributed by atoms with Crippen LogP contribution in [0.25, 0.3) is 0 Å². The second kappa shape index (κ2) is 33.9. The Morgan fingerprint density at radius 1 is 0.268 bits per heavy atom. The van der Waals surface area contributed by atoms with Gasteiger partial charge in [-0.15, -0.1) is 0 Å². The van der Waals surface area contributed by atoms with Crippen molar-refractivity contribution in [3.8, 4) is 0 Å². The Morgan fingerprint density at radius 3 is 0.393 bits per heavy atom. The second-order valence-electron chi connectivity index (χ2n) is 22.5. The van der Waals surface area contributed by atoms with E-state index in [0.717, 1.165) is 0 Å². The maximum absolute atomic E-state index is 3.07. The van der Waals surface area contributed by atoms with Gasteiger partial charge in [0.15, 0.2) is 0 Å². The quantitative estimate of drug-likeness (QED) is 0.0583. The summed E-state index contributed by atoms with van der Waals surface area (Å²) in [6, 6.07) is 0. The summed E-state index contributed by atoms with van der Waals surface area (Å²) in [7, 11) is -9.24. The maximum Gasteiger partial charge on any atom is 0 e. The summed E-state index contributed by atoms with van der Waals surface area (Å²) in [5, 5.41) is 0. The summed E-state index contributed by atoms with van der Waals surface area (Å²) in [5.74, 6) is 0. The zero-order chi connectivity index (χ0) is 43.1. The summed E-state index contributed by atoms with van der Waals surface area (Å²) in [4.78, 5) is 0. The van der Waals surface area contributed by atoms with Crippen LogP contribution in [0, 0.1) is 0 Å². The molecule has 352 valence electrons. The fourth-order valence-corrected chi connectivity index (χ4v) is 68.8. The molecule has 0 aliphatic rings. The first-order valence-electron chi connectivity index (χ1n) is 21.0. The molecule has 0 aromatic rings. The molecule has 0 N–H and O–H groups in total. The molecule has 0 fully saturated rings. The Bertz CT molecular complexity index is 733. The molecule has 0 aliphatic heterocycles. The van der Waals surface area contributed by atoms with Crippen LogP contribution in [0.3, 0.4) is 0 Å². The van der Waals surface area contributed by atoms with E-state index >= 15 is 0 Å². The SMILES string of the molecule is CC[PH+](CC)CC.CC[PH+](CC)CC.C[Si](C)(C)[N]([Ge][N]([Si](C)(C)C)[Si](C)(C)C)[Si](C)(C)C.C[Si](C)(C)[N]([Ge][N]([Si](C)(C)C)[Si](C)(C)C)[Si](C)(C)C.[Pd].[Pd].[SH-].[SH-]. The molecule has 4 radical (unpaired) electrons. The molecule has 0 atom stereocenters. The number of hydrogen-bond acceptors (Lipinski definition) is 6. The smallest absolute Gasteiger partial charge is 0 e. The van der Waals surface area contributed by atoms with E-state index in [2.05, 4.69) is 211 Å². The molecule has 0 spiro atoms. The van der Waals surface area contributed by atoms with Gasteiger partial charge in [0.1, 0.15) is 0 Å². The third-order valence-electron chi connectivity index (χ3n) is 8.77. The van der Waals surface area contributed by atoms with Gasteiger partial charge in [-0.05, 0) is 57.4 Å². The van der Waals surface area contributed by atoms with Crippen LogP contribution in [0.1, 0.15) is 41.5 Å². The van der Waals surface area contributed by atoms with Gasteiger partial charge in [0, 0.05) is 40.8 Å². The Balaban J connectivity index is -0.0000000974. The third kappa shape index (κ3) is 37.7. The monoisotopic (exact) mass is 1300 g/mol. The number of thiol groups is 2. The molecule has 0 bridgehead atoms. The van der Waals surface area contributed by atoms with E-state index in [1.807, 2.05) is 0 Å². The van der Waals surface area contributed by atoms with Gasteiger partial charge in [-0.2, -0.15) is 0 Å². The Morgan fingerprint density at radius 2 is 0.357 bits per heavy atom. The van der Waals surface area contributed by atoms with E-state index in [0.29, 0.717) is 0 Å². The van der Waals surface area contributed by atoms with Crippen molar-refractivity contribution in [2.45, 2.75) is 199 Å². The van der Waals surface area contributed by atoms with Gasteiger partial charge in [-0.3, -0.25) is 0 Å². The van der Waals surface area contributed by atoms with Crippen molar-refractivity contribution in [2.24, 2.45) is 0 Å². The summed E-state index contributed by atoms with van der Waals surface area (Å²) >= 11 is -0.228. The van der Waals surface area contributed by atoms with Crippen molar-refractivity contribution in [1.29, 1.82) is 0 Å². The van der Waals surface area contributed by atoms with Crippen LogP contribution in [0.15, 0.2) is 0 Å². The molecule has 0 aromatic carbocycles. The van der Waals surface area contributed by atoms with Crippen molar-refractivity contribution in [2.75, 3.05) is 37.0 Å². The van der Waals surface area contributed by atoms with E-state index in [9.17, 15) is 0 Å². The molecule has 0 aromatic heterocycles. The predicted molar refractivity (Wildman–Crippen MR) is 303 cm³/mol. The third-order valence-corrected chi connectivity index (χ3v) is 81.2. The molecular formula is C36H106Ge2N4P2Pd2S2Si8. The zero-order valence-electron chi connectivity index (χ0n) is 43.6. The zero-order valence-corrected chi connectivity index (χ0v) is 62.7. The average molecular weight is 1300 g/mol. The molecule has 0 saturated heterocycles. The molecule has 56 heavy (non-hydrogen) atoms. The van der Waals surface area contributed by atoms with Crippen LogP contribution in [0.4, 0.5) is 0 Å². The van der Waals surface area contributed by atoms with Gasteiger partial charge < -0.3 is 27.0 Å². The van der Waals surface area contributed by atoms with Gasteiger partial charge in [0.2, 0.25) is 0 Å². The van der Waals surface area contributed by atoms with Crippen molar-refractivity contribution in [3.05, 3.63) is 0 Å². The first kappa shape index (κ1) is 78.7. The second-order valence-corrected chi connectivity index (χ2v) is 82.0. The minimum atomic E-state index is -1.19. The number of rotatable bonds is 18. The normalized spacial score (nSPS) is 13.1. The standard InChI is InChI=1S/2C12H36GeN2Si4.2C6H15P.2Pd.2H2S/c2*1-16(2,3)14(17(4,5)6)13-15(18(7,8)9)19(10,11)12;2*1-4-7(5-2)6-3;;;;/h2*1-12H3;2*4-6H2,1-3H3;;;2*1H2. The summed E-state index contributed by atoms with van der Waals surface area (Å²) in [6.45, 7) is 74.9. The fraction of sp³-hybridized carbons (Fsp3) is 1.00. The van der Waals surface area contributed by atoms with Gasteiger partial charge in [0.05, 0.1) is 37.0 Å². The van der Waals surface area contributed by atoms with Gasteiger partial charge in [-0.1, -0.05) is 0 Å². The number of hydrogen-bond donors (Lipinski definition) is 0. The van der Waals surface area contributed by atoms with E-state index < -0.39 is 65.9 Å². The molecule has 0 aliphatic carbocycles. The van der Waals surface area contributed by atoms with Gasteiger partial charge in [0.25, 0.3) is 0 Å². The van der Waals surface area contributed by atoms with Crippen molar-refractivity contribution in [3.63, 3.8) is 0 Å². The molecule has 0 heterocycles. The molecule has 20 heteroatoms. The topological polar surface area (TPSA) is 13.0 Å². The van der Waals surface area contributed by atoms with E-state index in [4.69, 9.17) is 0 Å². The Hall–Kier alpha value is 5.55. The summed E-state index contributed by atoms with van der Waals surface area (Å²) in [5.41, 5.74) is 0. The van der Waals surface area contributed by atoms with Gasteiger partial charge in [-0.25, -0.2) is 0 Å². The minimum Gasteiger partial charge on any atom is -0.813 e. The van der Waals surface area contributed by atoms with Crippen LogP contribution in [0.2, 0.25) is 157 Å². The van der Waals surface area contributed by atoms with Crippen molar-refractivity contribution < 1.29 is 40.8 Å². The van der Waals surface area contributed by atoms with Crippen LogP contribution in [-0.4, -0.2) is 147 Å². The fourth-order valence-electron chi connectivity index (χ4n) is 6.92. The van der Waals surface area contributed by atoms with E-state index in [1.54, 1.807) is 0 Å².